The molecule has 4 heteroatoms. The van der Waals surface area contributed by atoms with Crippen LogP contribution in [0.2, 0.25) is 0 Å². The van der Waals surface area contributed by atoms with E-state index in [2.05, 4.69) is 4.98 Å². The third-order valence-electron chi connectivity index (χ3n) is 2.22. The summed E-state index contributed by atoms with van der Waals surface area (Å²) in [5, 5.41) is 9.39. The highest BCUT2D eigenvalue weighted by atomic mass is 19.1. The topological polar surface area (TPSA) is 33.1 Å². The maximum atomic E-state index is 13.4. The molecule has 0 amide bonds. The van der Waals surface area contributed by atoms with Crippen LogP contribution in [0, 0.1) is 18.6 Å². The first-order valence-electron chi connectivity index (χ1n) is 4.48. The van der Waals surface area contributed by atoms with Gasteiger partial charge >= 0.3 is 0 Å². The number of aliphatic hydroxyl groups is 1. The zero-order valence-electron chi connectivity index (χ0n) is 8.09. The first-order valence-corrected chi connectivity index (χ1v) is 4.48. The fourth-order valence-electron chi connectivity index (χ4n) is 1.59. The molecule has 0 aliphatic heterocycles. The van der Waals surface area contributed by atoms with Crippen LogP contribution in [0.5, 0.6) is 0 Å². The summed E-state index contributed by atoms with van der Waals surface area (Å²) < 4.78 is 26.3. The van der Waals surface area contributed by atoms with Crippen LogP contribution >= 0.6 is 0 Å². The third kappa shape index (κ3) is 1.68. The molecule has 2 nitrogen and oxygen atoms in total. The summed E-state index contributed by atoms with van der Waals surface area (Å²) in [6.07, 6.45) is 0. The predicted octanol–water partition coefficient (Wildman–Crippen LogP) is 2.31. The minimum atomic E-state index is -0.705. The average molecular weight is 209 g/mol. The fraction of sp³-hybridized carbons (Fsp3) is 0.182. The molecule has 2 rings (SSSR count). The molecule has 1 heterocycles. The summed E-state index contributed by atoms with van der Waals surface area (Å²) in [4.78, 5) is 3.97. The van der Waals surface area contributed by atoms with E-state index >= 15 is 0 Å². The standard InChI is InChI=1S/C11H9F2NO/c1-6-2-7(5-15)9-3-8(12)4-10(13)11(9)14-6/h2-4,15H,5H2,1H3. The highest BCUT2D eigenvalue weighted by molar-refractivity contribution is 5.82. The fourth-order valence-corrected chi connectivity index (χ4v) is 1.59. The number of benzene rings is 1. The van der Waals surface area contributed by atoms with E-state index in [-0.39, 0.29) is 12.1 Å². The van der Waals surface area contributed by atoms with E-state index in [1.165, 1.54) is 6.07 Å². The monoisotopic (exact) mass is 209 g/mol. The average Bonchev–Trinajstić information content (AvgIpc) is 2.18. The lowest BCUT2D eigenvalue weighted by atomic mass is 10.1. The highest BCUT2D eigenvalue weighted by Gasteiger charge is 2.09. The number of aliphatic hydroxyl groups excluding tert-OH is 1. The first-order chi connectivity index (χ1) is 7.11. The van der Waals surface area contributed by atoms with E-state index in [1.54, 1.807) is 13.0 Å². The lowest BCUT2D eigenvalue weighted by molar-refractivity contribution is 0.283. The number of pyridine rings is 1. The molecule has 0 radical (unpaired) electrons. The summed E-state index contributed by atoms with van der Waals surface area (Å²) in [6, 6.07) is 3.58. The maximum absolute atomic E-state index is 13.4. The summed E-state index contributed by atoms with van der Waals surface area (Å²) >= 11 is 0. The molecule has 2 aromatic rings. The van der Waals surface area contributed by atoms with Crippen LogP contribution in [0.3, 0.4) is 0 Å². The second-order valence-corrected chi connectivity index (χ2v) is 3.36. The third-order valence-corrected chi connectivity index (χ3v) is 2.22. The zero-order chi connectivity index (χ0) is 11.0. The molecule has 0 saturated carbocycles. The Morgan fingerprint density at radius 1 is 1.27 bits per heavy atom. The van der Waals surface area contributed by atoms with Crippen molar-refractivity contribution >= 4 is 10.9 Å². The Morgan fingerprint density at radius 3 is 2.67 bits per heavy atom. The molecule has 1 aromatic carbocycles. The molecule has 0 atom stereocenters. The summed E-state index contributed by atoms with van der Waals surface area (Å²) in [5.41, 5.74) is 1.17. The van der Waals surface area contributed by atoms with Gasteiger partial charge in [-0.2, -0.15) is 0 Å². The second kappa shape index (κ2) is 3.55. The van der Waals surface area contributed by atoms with Crippen molar-refractivity contribution in [2.75, 3.05) is 0 Å². The number of aromatic nitrogens is 1. The van der Waals surface area contributed by atoms with Crippen molar-refractivity contribution in [1.82, 2.24) is 4.98 Å². The van der Waals surface area contributed by atoms with Crippen LogP contribution in [0.25, 0.3) is 10.9 Å². The van der Waals surface area contributed by atoms with Gasteiger partial charge in [0, 0.05) is 17.1 Å². The van der Waals surface area contributed by atoms with Crippen molar-refractivity contribution in [1.29, 1.82) is 0 Å². The molecule has 1 N–H and O–H groups in total. The number of rotatable bonds is 1. The molecule has 0 bridgehead atoms. The normalized spacial score (nSPS) is 10.9. The molecule has 0 aliphatic carbocycles. The van der Waals surface area contributed by atoms with Crippen LogP contribution in [0.4, 0.5) is 8.78 Å². The van der Waals surface area contributed by atoms with Gasteiger partial charge in [-0.3, -0.25) is 4.98 Å². The number of hydrogen-bond donors (Lipinski definition) is 1. The summed E-state index contributed by atoms with van der Waals surface area (Å²) in [5.74, 6) is -1.37. The molecular formula is C11H9F2NO. The van der Waals surface area contributed by atoms with Crippen LogP contribution in [0.15, 0.2) is 18.2 Å². The van der Waals surface area contributed by atoms with Gasteiger partial charge in [-0.1, -0.05) is 0 Å². The number of hydrogen-bond acceptors (Lipinski definition) is 2. The molecule has 0 aliphatic rings. The largest absolute Gasteiger partial charge is 0.392 e. The second-order valence-electron chi connectivity index (χ2n) is 3.36. The molecule has 78 valence electrons. The molecule has 15 heavy (non-hydrogen) atoms. The maximum Gasteiger partial charge on any atom is 0.152 e. The van der Waals surface area contributed by atoms with Gasteiger partial charge in [0.1, 0.15) is 11.3 Å². The summed E-state index contributed by atoms with van der Waals surface area (Å²) in [7, 11) is 0. The Morgan fingerprint density at radius 2 is 2.00 bits per heavy atom. The van der Waals surface area contributed by atoms with E-state index in [0.29, 0.717) is 16.6 Å². The minimum absolute atomic E-state index is 0.0976. The van der Waals surface area contributed by atoms with Crippen LogP contribution in [-0.4, -0.2) is 10.1 Å². The van der Waals surface area contributed by atoms with E-state index in [0.717, 1.165) is 6.07 Å². The van der Waals surface area contributed by atoms with Crippen molar-refractivity contribution in [2.24, 2.45) is 0 Å². The van der Waals surface area contributed by atoms with Gasteiger partial charge in [0.2, 0.25) is 0 Å². The predicted molar refractivity (Wildman–Crippen MR) is 52.3 cm³/mol. The molecule has 0 saturated heterocycles. The van der Waals surface area contributed by atoms with E-state index in [4.69, 9.17) is 5.11 Å². The first kappa shape index (κ1) is 9.98. The van der Waals surface area contributed by atoms with Gasteiger partial charge in [0.25, 0.3) is 0 Å². The minimum Gasteiger partial charge on any atom is -0.392 e. The molecule has 0 fully saturated rings. The van der Waals surface area contributed by atoms with Crippen molar-refractivity contribution in [2.45, 2.75) is 13.5 Å². The number of aryl methyl sites for hydroxylation is 1. The molecule has 0 spiro atoms. The SMILES string of the molecule is Cc1cc(CO)c2cc(F)cc(F)c2n1. The smallest absolute Gasteiger partial charge is 0.152 e. The van der Waals surface area contributed by atoms with Gasteiger partial charge in [0.05, 0.1) is 6.61 Å². The molecular weight excluding hydrogens is 200 g/mol. The Kier molecular flexibility index (Phi) is 2.36. The van der Waals surface area contributed by atoms with Crippen molar-refractivity contribution < 1.29 is 13.9 Å². The van der Waals surface area contributed by atoms with E-state index in [1.807, 2.05) is 0 Å². The van der Waals surface area contributed by atoms with Crippen molar-refractivity contribution in [3.8, 4) is 0 Å². The number of halogens is 2. The van der Waals surface area contributed by atoms with Gasteiger partial charge < -0.3 is 5.11 Å². The lowest BCUT2D eigenvalue weighted by Crippen LogP contribution is -1.95. The van der Waals surface area contributed by atoms with Crippen molar-refractivity contribution in [3.05, 3.63) is 41.1 Å². The van der Waals surface area contributed by atoms with Crippen molar-refractivity contribution in [3.63, 3.8) is 0 Å². The molecule has 0 unspecified atom stereocenters. The Bertz CT molecular complexity index is 525. The van der Waals surface area contributed by atoms with Crippen LogP contribution in [0.1, 0.15) is 11.3 Å². The Hall–Kier alpha value is -1.55. The number of nitrogens with zero attached hydrogens (tertiary/aromatic N) is 1. The number of fused-ring (bicyclic) bond motifs is 1. The Balaban J connectivity index is 2.89. The van der Waals surface area contributed by atoms with Gasteiger partial charge in [0.15, 0.2) is 5.82 Å². The Labute approximate surface area is 85.2 Å². The zero-order valence-corrected chi connectivity index (χ0v) is 8.09. The van der Waals surface area contributed by atoms with E-state index in [9.17, 15) is 8.78 Å². The van der Waals surface area contributed by atoms with E-state index < -0.39 is 11.6 Å². The van der Waals surface area contributed by atoms with Gasteiger partial charge in [-0.15, -0.1) is 0 Å². The quantitative estimate of drug-likeness (QED) is 0.781. The summed E-state index contributed by atoms with van der Waals surface area (Å²) in [6.45, 7) is 1.43. The lowest BCUT2D eigenvalue weighted by Gasteiger charge is -2.06. The van der Waals surface area contributed by atoms with Gasteiger partial charge in [-0.05, 0) is 24.6 Å². The van der Waals surface area contributed by atoms with Crippen LogP contribution in [-0.2, 0) is 6.61 Å². The van der Waals surface area contributed by atoms with Crippen LogP contribution < -0.4 is 0 Å². The van der Waals surface area contributed by atoms with Gasteiger partial charge in [-0.25, -0.2) is 8.78 Å². The molecule has 1 aromatic heterocycles. The highest BCUT2D eigenvalue weighted by Crippen LogP contribution is 2.22.